The Balaban J connectivity index is 2.10. The number of hydrogen-bond donors (Lipinski definition) is 2. The Morgan fingerprint density at radius 2 is 1.90 bits per heavy atom. The molecule has 0 bridgehead atoms. The number of non-ortho nitro benzene ring substituents is 1. The van der Waals surface area contributed by atoms with E-state index in [4.69, 9.17) is 0 Å². The fraction of sp³-hybridized carbons (Fsp3) is 0.421. The van der Waals surface area contributed by atoms with Crippen molar-refractivity contribution in [1.82, 2.24) is 9.88 Å². The van der Waals surface area contributed by atoms with Crippen LogP contribution in [0.15, 0.2) is 24.3 Å². The number of anilines is 1. The van der Waals surface area contributed by atoms with E-state index in [2.05, 4.69) is 10.3 Å². The van der Waals surface area contributed by atoms with Crippen LogP contribution >= 0.6 is 11.3 Å². The van der Waals surface area contributed by atoms with Crippen LogP contribution in [0, 0.1) is 24.0 Å². The molecule has 0 aliphatic heterocycles. The molecule has 0 unspecified atom stereocenters. The van der Waals surface area contributed by atoms with Crippen LogP contribution in [0.2, 0.25) is 0 Å². The molecule has 0 radical (unpaired) electrons. The van der Waals surface area contributed by atoms with Crippen molar-refractivity contribution in [2.24, 2.45) is 0 Å². The van der Waals surface area contributed by atoms with E-state index >= 15 is 0 Å². The number of hydrogen-bond acceptors (Lipinski definition) is 6. The van der Waals surface area contributed by atoms with Crippen molar-refractivity contribution >= 4 is 34.0 Å². The van der Waals surface area contributed by atoms with Crippen molar-refractivity contribution in [3.05, 3.63) is 50.5 Å². The lowest BCUT2D eigenvalue weighted by molar-refractivity contribution is -0.858. The molecule has 2 aromatic rings. The van der Waals surface area contributed by atoms with Crippen molar-refractivity contribution in [3.8, 4) is 0 Å². The van der Waals surface area contributed by atoms with Crippen LogP contribution in [-0.2, 0) is 4.79 Å². The fourth-order valence-corrected chi connectivity index (χ4v) is 3.47. The van der Waals surface area contributed by atoms with Crippen molar-refractivity contribution in [2.45, 2.75) is 20.3 Å². The van der Waals surface area contributed by atoms with Gasteiger partial charge in [0.05, 0.1) is 31.3 Å². The Morgan fingerprint density at radius 1 is 1.24 bits per heavy atom. The van der Waals surface area contributed by atoms with Gasteiger partial charge in [0.2, 0.25) is 5.91 Å². The van der Waals surface area contributed by atoms with E-state index in [-0.39, 0.29) is 24.0 Å². The van der Waals surface area contributed by atoms with Crippen LogP contribution in [-0.4, -0.2) is 60.4 Å². The number of nitro groups is 1. The second-order valence-electron chi connectivity index (χ2n) is 7.05. The summed E-state index contributed by atoms with van der Waals surface area (Å²) in [5, 5.41) is 14.1. The lowest BCUT2D eigenvalue weighted by atomic mass is 10.1. The summed E-state index contributed by atoms with van der Waals surface area (Å²) in [5.41, 5.74) is 1.08. The van der Waals surface area contributed by atoms with Gasteiger partial charge in [0, 0.05) is 35.5 Å². The molecule has 0 aliphatic rings. The lowest BCUT2D eigenvalue weighted by Gasteiger charge is -2.22. The standard InChI is InChI=1S/C19H25N5O4S/c1-13-14(2)29-19(20-13)21-17(25)12-23(11-5-10-22(3)4)18(26)15-6-8-16(9-7-15)24(27)28/h6-9H,5,10-12H2,1-4H3,(H,20,21,25)/p+1. The average molecular weight is 421 g/mol. The fourth-order valence-electron chi connectivity index (χ4n) is 2.64. The van der Waals surface area contributed by atoms with E-state index in [9.17, 15) is 19.7 Å². The van der Waals surface area contributed by atoms with E-state index in [1.807, 2.05) is 27.9 Å². The summed E-state index contributed by atoms with van der Waals surface area (Å²) in [6.07, 6.45) is 0.726. The first-order valence-corrected chi connectivity index (χ1v) is 10.1. The van der Waals surface area contributed by atoms with Crippen LogP contribution in [0.4, 0.5) is 10.8 Å². The highest BCUT2D eigenvalue weighted by Crippen LogP contribution is 2.21. The minimum Gasteiger partial charge on any atom is -0.340 e. The first kappa shape index (κ1) is 22.4. The molecule has 156 valence electrons. The number of aromatic nitrogens is 1. The molecule has 0 saturated heterocycles. The molecule has 1 heterocycles. The molecule has 2 N–H and O–H groups in total. The number of carbonyl (C=O) groups excluding carboxylic acids is 2. The minimum atomic E-state index is -0.517. The number of amides is 2. The van der Waals surface area contributed by atoms with Gasteiger partial charge in [-0.15, -0.1) is 11.3 Å². The van der Waals surface area contributed by atoms with Gasteiger partial charge in [0.15, 0.2) is 5.13 Å². The summed E-state index contributed by atoms with van der Waals surface area (Å²) in [5.74, 6) is -0.665. The van der Waals surface area contributed by atoms with Gasteiger partial charge in [-0.25, -0.2) is 4.98 Å². The Morgan fingerprint density at radius 3 is 2.41 bits per heavy atom. The summed E-state index contributed by atoms with van der Waals surface area (Å²) >= 11 is 1.39. The molecule has 0 saturated carbocycles. The monoisotopic (exact) mass is 420 g/mol. The molecule has 2 amide bonds. The number of thiazole rings is 1. The molecule has 0 spiro atoms. The molecule has 1 aromatic carbocycles. The van der Waals surface area contributed by atoms with Gasteiger partial charge < -0.3 is 15.1 Å². The Kier molecular flexibility index (Phi) is 7.80. The number of rotatable bonds is 9. The maximum absolute atomic E-state index is 12.9. The van der Waals surface area contributed by atoms with Crippen molar-refractivity contribution in [1.29, 1.82) is 0 Å². The van der Waals surface area contributed by atoms with E-state index in [1.165, 1.54) is 45.4 Å². The quantitative estimate of drug-likeness (QED) is 0.469. The Labute approximate surface area is 173 Å². The Hall–Kier alpha value is -2.85. The molecular formula is C19H26N5O4S+. The van der Waals surface area contributed by atoms with Crippen LogP contribution in [0.1, 0.15) is 27.3 Å². The highest BCUT2D eigenvalue weighted by Gasteiger charge is 2.21. The molecule has 0 aliphatic carbocycles. The summed E-state index contributed by atoms with van der Waals surface area (Å²) in [7, 11) is 4.03. The average Bonchev–Trinajstić information content (AvgIpc) is 2.97. The van der Waals surface area contributed by atoms with Crippen LogP contribution in [0.25, 0.3) is 0 Å². The Bertz CT molecular complexity index is 860. The van der Waals surface area contributed by atoms with Gasteiger partial charge in [-0.1, -0.05) is 0 Å². The van der Waals surface area contributed by atoms with Gasteiger partial charge in [-0.3, -0.25) is 19.7 Å². The predicted octanol–water partition coefficient (Wildman–Crippen LogP) is 1.28. The van der Waals surface area contributed by atoms with Crippen molar-refractivity contribution in [3.63, 3.8) is 0 Å². The van der Waals surface area contributed by atoms with Crippen LogP contribution in [0.3, 0.4) is 0 Å². The van der Waals surface area contributed by atoms with Crippen LogP contribution in [0.5, 0.6) is 0 Å². The summed E-state index contributed by atoms with van der Waals surface area (Å²) in [4.78, 5) is 43.7. The molecule has 0 atom stereocenters. The van der Waals surface area contributed by atoms with Gasteiger partial charge in [0.1, 0.15) is 6.54 Å². The topological polar surface area (TPSA) is 110 Å². The molecular weight excluding hydrogens is 394 g/mol. The van der Waals surface area contributed by atoms with Gasteiger partial charge in [-0.05, 0) is 26.0 Å². The van der Waals surface area contributed by atoms with E-state index in [0.717, 1.165) is 23.5 Å². The zero-order chi connectivity index (χ0) is 21.6. The number of quaternary nitrogens is 1. The van der Waals surface area contributed by atoms with Crippen LogP contribution < -0.4 is 10.2 Å². The second kappa shape index (κ2) is 10.1. The molecule has 10 heteroatoms. The van der Waals surface area contributed by atoms with Crippen molar-refractivity contribution in [2.75, 3.05) is 39.0 Å². The number of aryl methyl sites for hydroxylation is 2. The van der Waals surface area contributed by atoms with Crippen molar-refractivity contribution < 1.29 is 19.4 Å². The molecule has 2 rings (SSSR count). The zero-order valence-electron chi connectivity index (χ0n) is 17.0. The first-order valence-electron chi connectivity index (χ1n) is 9.24. The first-order chi connectivity index (χ1) is 13.7. The normalized spacial score (nSPS) is 10.8. The second-order valence-corrected chi connectivity index (χ2v) is 8.25. The SMILES string of the molecule is Cc1nc(NC(=O)CN(CCC[NH+](C)C)C(=O)c2ccc([N+](=O)[O-])cc2)sc1C. The smallest absolute Gasteiger partial charge is 0.269 e. The largest absolute Gasteiger partial charge is 0.340 e. The summed E-state index contributed by atoms with van der Waals surface area (Å²) < 4.78 is 0. The minimum absolute atomic E-state index is 0.0865. The molecule has 29 heavy (non-hydrogen) atoms. The molecule has 0 fully saturated rings. The van der Waals surface area contributed by atoms with Gasteiger partial charge in [0.25, 0.3) is 11.6 Å². The highest BCUT2D eigenvalue weighted by atomic mass is 32.1. The summed E-state index contributed by atoms with van der Waals surface area (Å²) in [6, 6.07) is 5.40. The lowest BCUT2D eigenvalue weighted by Crippen LogP contribution is -3.05. The number of nitrogens with one attached hydrogen (secondary N) is 2. The maximum Gasteiger partial charge on any atom is 0.269 e. The third-order valence-corrected chi connectivity index (χ3v) is 5.31. The van der Waals surface area contributed by atoms with Gasteiger partial charge >= 0.3 is 0 Å². The summed E-state index contributed by atoms with van der Waals surface area (Å²) in [6.45, 7) is 4.93. The number of nitrogens with zero attached hydrogens (tertiary/aromatic N) is 3. The van der Waals surface area contributed by atoms with Gasteiger partial charge in [-0.2, -0.15) is 0 Å². The van der Waals surface area contributed by atoms with E-state index in [0.29, 0.717) is 17.2 Å². The zero-order valence-corrected chi connectivity index (χ0v) is 17.8. The highest BCUT2D eigenvalue weighted by molar-refractivity contribution is 7.15. The maximum atomic E-state index is 12.9. The number of carbonyl (C=O) groups is 2. The third kappa shape index (κ3) is 6.61. The molecule has 9 nitrogen and oxygen atoms in total. The molecule has 1 aromatic heterocycles. The van der Waals surface area contributed by atoms with E-state index < -0.39 is 4.92 Å². The predicted molar refractivity (Wildman–Crippen MR) is 112 cm³/mol. The number of nitro benzene ring substituents is 1. The third-order valence-electron chi connectivity index (χ3n) is 4.33. The van der Waals surface area contributed by atoms with E-state index in [1.54, 1.807) is 0 Å². The number of benzene rings is 1.